The number of hydrogen-bond donors (Lipinski definition) is 0. The standard InChI is InChI=1S/C12H24O3Si/c1-5-12(13)15-10-8-7-9-11-16(4,6-2)14-3/h5H,1,6-11H2,2-4H3. The van der Waals surface area contributed by atoms with E-state index in [1.807, 2.05) is 7.11 Å². The molecule has 0 aromatic heterocycles. The van der Waals surface area contributed by atoms with Crippen LogP contribution >= 0.6 is 0 Å². The van der Waals surface area contributed by atoms with Crippen molar-refractivity contribution < 1.29 is 14.0 Å². The number of unbranched alkanes of at least 4 members (excludes halogenated alkanes) is 2. The Morgan fingerprint density at radius 1 is 1.38 bits per heavy atom. The van der Waals surface area contributed by atoms with Gasteiger partial charge in [0, 0.05) is 13.2 Å². The zero-order valence-electron chi connectivity index (χ0n) is 10.8. The van der Waals surface area contributed by atoms with Crippen molar-refractivity contribution in [2.75, 3.05) is 13.7 Å². The number of hydrogen-bond acceptors (Lipinski definition) is 3. The molecule has 0 spiro atoms. The molecule has 0 aliphatic rings. The minimum atomic E-state index is -1.41. The summed E-state index contributed by atoms with van der Waals surface area (Å²) >= 11 is 0. The summed E-state index contributed by atoms with van der Waals surface area (Å²) in [6.07, 6.45) is 4.38. The van der Waals surface area contributed by atoms with Crippen molar-refractivity contribution >= 4 is 14.3 Å². The molecular formula is C12H24O3Si. The Balaban J connectivity index is 3.46. The maximum absolute atomic E-state index is 10.7. The molecular weight excluding hydrogens is 220 g/mol. The molecule has 4 heteroatoms. The van der Waals surface area contributed by atoms with Crippen LogP contribution in [0.25, 0.3) is 0 Å². The van der Waals surface area contributed by atoms with Gasteiger partial charge in [-0.2, -0.15) is 0 Å². The maximum atomic E-state index is 10.7. The van der Waals surface area contributed by atoms with E-state index in [4.69, 9.17) is 9.16 Å². The summed E-state index contributed by atoms with van der Waals surface area (Å²) in [4.78, 5) is 10.7. The average molecular weight is 244 g/mol. The van der Waals surface area contributed by atoms with Crippen molar-refractivity contribution in [1.29, 1.82) is 0 Å². The molecule has 0 N–H and O–H groups in total. The molecule has 0 rings (SSSR count). The van der Waals surface area contributed by atoms with Crippen LogP contribution in [-0.4, -0.2) is 28.0 Å². The third kappa shape index (κ3) is 6.79. The lowest BCUT2D eigenvalue weighted by molar-refractivity contribution is -0.137. The normalized spacial score (nSPS) is 14.2. The van der Waals surface area contributed by atoms with Gasteiger partial charge in [0.15, 0.2) is 8.32 Å². The van der Waals surface area contributed by atoms with Crippen LogP contribution < -0.4 is 0 Å². The van der Waals surface area contributed by atoms with E-state index in [0.717, 1.165) is 25.3 Å². The topological polar surface area (TPSA) is 35.5 Å². The SMILES string of the molecule is C=CC(=O)OCCCCC[Si](C)(CC)OC. The van der Waals surface area contributed by atoms with Crippen LogP contribution in [0.3, 0.4) is 0 Å². The number of carbonyl (C=O) groups is 1. The fraction of sp³-hybridized carbons (Fsp3) is 0.750. The molecule has 0 heterocycles. The van der Waals surface area contributed by atoms with Crippen LogP contribution in [0.5, 0.6) is 0 Å². The Morgan fingerprint density at radius 3 is 2.56 bits per heavy atom. The average Bonchev–Trinajstić information content (AvgIpc) is 2.32. The van der Waals surface area contributed by atoms with Crippen molar-refractivity contribution in [3.8, 4) is 0 Å². The lowest BCUT2D eigenvalue weighted by Crippen LogP contribution is -2.31. The Hall–Kier alpha value is -0.613. The van der Waals surface area contributed by atoms with Gasteiger partial charge in [-0.3, -0.25) is 0 Å². The van der Waals surface area contributed by atoms with E-state index >= 15 is 0 Å². The first kappa shape index (κ1) is 15.4. The summed E-state index contributed by atoms with van der Waals surface area (Å²) < 4.78 is 10.5. The minimum absolute atomic E-state index is 0.329. The van der Waals surface area contributed by atoms with E-state index in [1.165, 1.54) is 12.1 Å². The fourth-order valence-electron chi connectivity index (χ4n) is 1.43. The van der Waals surface area contributed by atoms with Gasteiger partial charge >= 0.3 is 5.97 Å². The first-order chi connectivity index (χ1) is 7.58. The van der Waals surface area contributed by atoms with Crippen molar-refractivity contribution in [2.24, 2.45) is 0 Å². The molecule has 0 aliphatic heterocycles. The Bertz CT molecular complexity index is 212. The summed E-state index contributed by atoms with van der Waals surface area (Å²) in [7, 11) is 0.411. The molecule has 0 fully saturated rings. The smallest absolute Gasteiger partial charge is 0.330 e. The third-order valence-electron chi connectivity index (χ3n) is 3.00. The Kier molecular flexibility index (Phi) is 8.20. The van der Waals surface area contributed by atoms with E-state index < -0.39 is 8.32 Å². The highest BCUT2D eigenvalue weighted by atomic mass is 28.4. The van der Waals surface area contributed by atoms with Crippen molar-refractivity contribution in [2.45, 2.75) is 44.8 Å². The van der Waals surface area contributed by atoms with Crippen LogP contribution in [0.15, 0.2) is 12.7 Å². The zero-order chi connectivity index (χ0) is 12.4. The second-order valence-electron chi connectivity index (χ2n) is 4.19. The van der Waals surface area contributed by atoms with Crippen LogP contribution in [0.4, 0.5) is 0 Å². The first-order valence-corrected chi connectivity index (χ1v) is 8.74. The van der Waals surface area contributed by atoms with Gasteiger partial charge in [-0.25, -0.2) is 4.79 Å². The number of carbonyl (C=O) groups excluding carboxylic acids is 1. The van der Waals surface area contributed by atoms with Gasteiger partial charge in [-0.15, -0.1) is 0 Å². The van der Waals surface area contributed by atoms with Gasteiger partial charge in [0.1, 0.15) is 0 Å². The summed E-state index contributed by atoms with van der Waals surface area (Å²) in [5.74, 6) is -0.329. The van der Waals surface area contributed by atoms with Gasteiger partial charge in [-0.1, -0.05) is 26.3 Å². The lowest BCUT2D eigenvalue weighted by Gasteiger charge is -2.23. The van der Waals surface area contributed by atoms with Gasteiger partial charge < -0.3 is 9.16 Å². The van der Waals surface area contributed by atoms with Gasteiger partial charge in [-0.05, 0) is 25.1 Å². The van der Waals surface area contributed by atoms with E-state index in [9.17, 15) is 4.79 Å². The van der Waals surface area contributed by atoms with Crippen LogP contribution in [0.2, 0.25) is 18.6 Å². The Labute approximate surface area is 100.0 Å². The highest BCUT2D eigenvalue weighted by Gasteiger charge is 2.23. The zero-order valence-corrected chi connectivity index (χ0v) is 11.8. The highest BCUT2D eigenvalue weighted by Crippen LogP contribution is 2.19. The van der Waals surface area contributed by atoms with Crippen LogP contribution in [0.1, 0.15) is 26.2 Å². The minimum Gasteiger partial charge on any atom is -0.463 e. The molecule has 0 aliphatic carbocycles. The van der Waals surface area contributed by atoms with Gasteiger partial charge in [0.2, 0.25) is 0 Å². The molecule has 0 amide bonds. The Morgan fingerprint density at radius 2 is 2.06 bits per heavy atom. The molecule has 16 heavy (non-hydrogen) atoms. The summed E-state index contributed by atoms with van der Waals surface area (Å²) in [5, 5.41) is 0. The second-order valence-corrected chi connectivity index (χ2v) is 8.71. The van der Waals surface area contributed by atoms with Gasteiger partial charge in [0.05, 0.1) is 6.61 Å². The third-order valence-corrected chi connectivity index (χ3v) is 6.89. The van der Waals surface area contributed by atoms with Crippen molar-refractivity contribution in [1.82, 2.24) is 0 Å². The number of rotatable bonds is 9. The molecule has 0 bridgehead atoms. The monoisotopic (exact) mass is 244 g/mol. The molecule has 0 radical (unpaired) electrons. The predicted octanol–water partition coefficient (Wildman–Crippen LogP) is 3.13. The molecule has 3 nitrogen and oxygen atoms in total. The highest BCUT2D eigenvalue weighted by molar-refractivity contribution is 6.72. The second kappa shape index (κ2) is 8.53. The largest absolute Gasteiger partial charge is 0.463 e. The molecule has 1 atom stereocenters. The van der Waals surface area contributed by atoms with Gasteiger partial charge in [0.25, 0.3) is 0 Å². The fourth-order valence-corrected chi connectivity index (χ4v) is 3.28. The summed E-state index contributed by atoms with van der Waals surface area (Å²) in [6, 6.07) is 2.35. The van der Waals surface area contributed by atoms with E-state index in [-0.39, 0.29) is 5.97 Å². The number of esters is 1. The van der Waals surface area contributed by atoms with Crippen LogP contribution in [-0.2, 0) is 14.0 Å². The molecule has 0 aromatic carbocycles. The molecule has 1 unspecified atom stereocenters. The molecule has 0 aromatic rings. The lowest BCUT2D eigenvalue weighted by atomic mass is 10.3. The van der Waals surface area contributed by atoms with E-state index in [1.54, 1.807) is 0 Å². The number of ether oxygens (including phenoxy) is 1. The summed E-state index contributed by atoms with van der Waals surface area (Å²) in [6.45, 7) is 8.31. The summed E-state index contributed by atoms with van der Waals surface area (Å²) in [5.41, 5.74) is 0. The predicted molar refractivity (Wildman–Crippen MR) is 68.9 cm³/mol. The van der Waals surface area contributed by atoms with Crippen LogP contribution in [0, 0.1) is 0 Å². The molecule has 0 saturated heterocycles. The molecule has 0 saturated carbocycles. The quantitative estimate of drug-likeness (QED) is 0.270. The van der Waals surface area contributed by atoms with Crippen molar-refractivity contribution in [3.63, 3.8) is 0 Å². The maximum Gasteiger partial charge on any atom is 0.330 e. The van der Waals surface area contributed by atoms with E-state index in [2.05, 4.69) is 20.0 Å². The molecule has 94 valence electrons. The first-order valence-electron chi connectivity index (χ1n) is 5.92. The van der Waals surface area contributed by atoms with Crippen molar-refractivity contribution in [3.05, 3.63) is 12.7 Å². The van der Waals surface area contributed by atoms with E-state index in [0.29, 0.717) is 6.61 Å².